The molecule has 9 heteroatoms. The van der Waals surface area contributed by atoms with E-state index in [-0.39, 0.29) is 19.6 Å². The van der Waals surface area contributed by atoms with E-state index < -0.39 is 26.2 Å². The van der Waals surface area contributed by atoms with E-state index >= 15 is 0 Å². The summed E-state index contributed by atoms with van der Waals surface area (Å²) in [5, 5.41) is 0. The molecule has 0 aliphatic carbocycles. The lowest BCUT2D eigenvalue weighted by atomic mass is 10.1. The molecule has 136 valence electrons. The molecule has 0 unspecified atom stereocenters. The molecule has 0 aliphatic heterocycles. The second-order valence-corrected chi connectivity index (χ2v) is 7.59. The highest BCUT2D eigenvalue weighted by Crippen LogP contribution is 2.12. The van der Waals surface area contributed by atoms with E-state index in [9.17, 15) is 18.0 Å². The molecule has 1 aromatic heterocycles. The first-order chi connectivity index (χ1) is 11.8. The van der Waals surface area contributed by atoms with Crippen LogP contribution in [-0.2, 0) is 30.5 Å². The number of nitrogens with two attached hydrogens (primary N) is 1. The minimum Gasteiger partial charge on any atom is -0.329 e. The summed E-state index contributed by atoms with van der Waals surface area (Å²) in [7, 11) is -1.41. The van der Waals surface area contributed by atoms with Gasteiger partial charge in [-0.25, -0.2) is 13.2 Å². The van der Waals surface area contributed by atoms with E-state index in [0.717, 1.165) is 20.9 Å². The minimum absolute atomic E-state index is 0.0845. The van der Waals surface area contributed by atoms with Crippen LogP contribution >= 0.6 is 0 Å². The normalized spacial score (nSPS) is 11.8. The Kier molecular flexibility index (Phi) is 5.93. The third kappa shape index (κ3) is 4.06. The lowest BCUT2D eigenvalue weighted by Gasteiger charge is -2.21. The van der Waals surface area contributed by atoms with Crippen LogP contribution in [0.5, 0.6) is 0 Å². The summed E-state index contributed by atoms with van der Waals surface area (Å²) >= 11 is 0. The van der Waals surface area contributed by atoms with Crippen molar-refractivity contribution < 1.29 is 8.42 Å². The molecule has 8 nitrogen and oxygen atoms in total. The number of rotatable bonds is 7. The van der Waals surface area contributed by atoms with Gasteiger partial charge in [0.05, 0.1) is 0 Å². The fourth-order valence-electron chi connectivity index (χ4n) is 2.49. The molecule has 1 heterocycles. The molecule has 0 atom stereocenters. The van der Waals surface area contributed by atoms with Crippen molar-refractivity contribution >= 4 is 10.0 Å². The zero-order valence-electron chi connectivity index (χ0n) is 14.3. The SMILES string of the molecule is Cn1cc(S(=O)(=O)N(CCN)CCc2ccccc2)c(=O)n(C)c1=O. The molecule has 1 aromatic carbocycles. The molecule has 0 amide bonds. The summed E-state index contributed by atoms with van der Waals surface area (Å²) in [6.07, 6.45) is 1.55. The van der Waals surface area contributed by atoms with Crippen LogP contribution in [0, 0.1) is 0 Å². The number of hydrogen-bond donors (Lipinski definition) is 1. The Morgan fingerprint density at radius 3 is 2.32 bits per heavy atom. The third-order valence-electron chi connectivity index (χ3n) is 3.90. The highest BCUT2D eigenvalue weighted by Gasteiger charge is 2.28. The van der Waals surface area contributed by atoms with Gasteiger partial charge in [0.15, 0.2) is 4.90 Å². The summed E-state index contributed by atoms with van der Waals surface area (Å²) in [5.74, 6) is 0. The van der Waals surface area contributed by atoms with Gasteiger partial charge in [-0.15, -0.1) is 0 Å². The van der Waals surface area contributed by atoms with Gasteiger partial charge < -0.3 is 10.3 Å². The van der Waals surface area contributed by atoms with Gasteiger partial charge in [-0.1, -0.05) is 30.3 Å². The maximum atomic E-state index is 12.9. The van der Waals surface area contributed by atoms with Gasteiger partial charge in [-0.2, -0.15) is 4.31 Å². The second-order valence-electron chi connectivity index (χ2n) is 5.68. The van der Waals surface area contributed by atoms with Crippen LogP contribution in [0.25, 0.3) is 0 Å². The number of nitrogens with zero attached hydrogens (tertiary/aromatic N) is 3. The highest BCUT2D eigenvalue weighted by molar-refractivity contribution is 7.89. The minimum atomic E-state index is -4.07. The Morgan fingerprint density at radius 2 is 1.72 bits per heavy atom. The topological polar surface area (TPSA) is 107 Å². The lowest BCUT2D eigenvalue weighted by molar-refractivity contribution is 0.419. The molecular weight excluding hydrogens is 344 g/mol. The van der Waals surface area contributed by atoms with Gasteiger partial charge in [0.1, 0.15) is 0 Å². The molecule has 2 rings (SSSR count). The Balaban J connectivity index is 2.40. The van der Waals surface area contributed by atoms with Crippen LogP contribution in [0.4, 0.5) is 0 Å². The van der Waals surface area contributed by atoms with Crippen LogP contribution < -0.4 is 17.0 Å². The van der Waals surface area contributed by atoms with Crippen molar-refractivity contribution in [3.63, 3.8) is 0 Å². The fourth-order valence-corrected chi connectivity index (χ4v) is 4.09. The zero-order valence-corrected chi connectivity index (χ0v) is 15.1. The first-order valence-corrected chi connectivity index (χ1v) is 9.24. The Morgan fingerprint density at radius 1 is 1.08 bits per heavy atom. The van der Waals surface area contributed by atoms with Crippen molar-refractivity contribution in [3.8, 4) is 0 Å². The number of aryl methyl sites for hydroxylation is 1. The van der Waals surface area contributed by atoms with E-state index in [1.54, 1.807) is 0 Å². The van der Waals surface area contributed by atoms with Gasteiger partial charge in [0.2, 0.25) is 10.0 Å². The molecule has 2 N–H and O–H groups in total. The van der Waals surface area contributed by atoms with Crippen LogP contribution in [0.1, 0.15) is 5.56 Å². The Bertz CT molecular complexity index is 948. The average Bonchev–Trinajstić information content (AvgIpc) is 2.60. The Hall–Kier alpha value is -2.23. The fraction of sp³-hybridized carbons (Fsp3) is 0.375. The average molecular weight is 366 g/mol. The van der Waals surface area contributed by atoms with Crippen molar-refractivity contribution in [3.05, 3.63) is 62.9 Å². The summed E-state index contributed by atoms with van der Waals surface area (Å²) in [6.45, 7) is 0.400. The smallest absolute Gasteiger partial charge is 0.329 e. The molecule has 2 aromatic rings. The Labute approximate surface area is 146 Å². The first-order valence-electron chi connectivity index (χ1n) is 7.80. The van der Waals surface area contributed by atoms with Crippen LogP contribution in [-0.4, -0.2) is 41.5 Å². The van der Waals surface area contributed by atoms with Crippen LogP contribution in [0.3, 0.4) is 0 Å². The molecule has 0 aliphatic rings. The summed E-state index contributed by atoms with van der Waals surface area (Å²) < 4.78 is 28.9. The molecular formula is C16H22N4O4S. The van der Waals surface area contributed by atoms with E-state index in [4.69, 9.17) is 5.73 Å². The predicted octanol–water partition coefficient (Wildman–Crippen LogP) is -0.724. The predicted molar refractivity (Wildman–Crippen MR) is 94.9 cm³/mol. The molecule has 0 saturated carbocycles. The van der Waals surface area contributed by atoms with Gasteiger partial charge in [-0.3, -0.25) is 9.36 Å². The van der Waals surface area contributed by atoms with E-state index in [0.29, 0.717) is 6.42 Å². The zero-order chi connectivity index (χ0) is 18.6. The van der Waals surface area contributed by atoms with Gasteiger partial charge >= 0.3 is 5.69 Å². The molecule has 0 saturated heterocycles. The summed E-state index contributed by atoms with van der Waals surface area (Å²) in [6, 6.07) is 9.43. The van der Waals surface area contributed by atoms with Crippen LogP contribution in [0.15, 0.2) is 51.0 Å². The molecule has 0 fully saturated rings. The van der Waals surface area contributed by atoms with E-state index in [1.165, 1.54) is 18.4 Å². The maximum absolute atomic E-state index is 12.9. The van der Waals surface area contributed by atoms with Crippen LogP contribution in [0.2, 0.25) is 0 Å². The van der Waals surface area contributed by atoms with E-state index in [1.807, 2.05) is 30.3 Å². The number of benzene rings is 1. The maximum Gasteiger partial charge on any atom is 0.330 e. The summed E-state index contributed by atoms with van der Waals surface area (Å²) in [4.78, 5) is 23.6. The van der Waals surface area contributed by atoms with Gasteiger partial charge in [0.25, 0.3) is 5.56 Å². The molecule has 0 spiro atoms. The van der Waals surface area contributed by atoms with Crippen molar-refractivity contribution in [2.75, 3.05) is 19.6 Å². The number of aromatic nitrogens is 2. The van der Waals surface area contributed by atoms with Crippen molar-refractivity contribution in [1.82, 2.24) is 13.4 Å². The standard InChI is InChI=1S/C16H22N4O4S/c1-18-12-14(15(21)19(2)16(18)22)25(23,24)20(11-9-17)10-8-13-6-4-3-5-7-13/h3-7,12H,8-11,17H2,1-2H3. The van der Waals surface area contributed by atoms with E-state index in [2.05, 4.69) is 0 Å². The molecule has 0 bridgehead atoms. The quantitative estimate of drug-likeness (QED) is 0.696. The second kappa shape index (κ2) is 7.77. The van der Waals surface area contributed by atoms with Gasteiger partial charge in [0, 0.05) is 39.9 Å². The lowest BCUT2D eigenvalue weighted by Crippen LogP contribution is -2.44. The van der Waals surface area contributed by atoms with Crippen molar-refractivity contribution in [1.29, 1.82) is 0 Å². The third-order valence-corrected chi connectivity index (χ3v) is 5.78. The number of sulfonamides is 1. The first kappa shape index (κ1) is 19.1. The van der Waals surface area contributed by atoms with Gasteiger partial charge in [-0.05, 0) is 12.0 Å². The molecule has 25 heavy (non-hydrogen) atoms. The number of hydrogen-bond acceptors (Lipinski definition) is 5. The van der Waals surface area contributed by atoms with Crippen molar-refractivity contribution in [2.24, 2.45) is 19.8 Å². The highest BCUT2D eigenvalue weighted by atomic mass is 32.2. The molecule has 0 radical (unpaired) electrons. The monoisotopic (exact) mass is 366 g/mol. The largest absolute Gasteiger partial charge is 0.330 e. The summed E-state index contributed by atoms with van der Waals surface area (Å²) in [5.41, 5.74) is 5.10. The van der Waals surface area contributed by atoms with Crippen molar-refractivity contribution in [2.45, 2.75) is 11.3 Å².